The maximum absolute atomic E-state index is 2.69. The van der Waals surface area contributed by atoms with Gasteiger partial charge in [0.2, 0.25) is 0 Å². The number of hydrogen-bond acceptors (Lipinski definition) is 2. The third kappa shape index (κ3) is 5.30. The summed E-state index contributed by atoms with van der Waals surface area (Å²) in [6.07, 6.45) is 9.14. The monoisotopic (exact) mass is 285 g/mol. The SMILES string of the molecule is CSC(C)CCCCN1CCC(C)(C(C)(C)C)CC1. The van der Waals surface area contributed by atoms with Gasteiger partial charge in [-0.15, -0.1) is 0 Å². The van der Waals surface area contributed by atoms with Crippen molar-refractivity contribution >= 4 is 11.8 Å². The highest BCUT2D eigenvalue weighted by atomic mass is 32.2. The van der Waals surface area contributed by atoms with Crippen molar-refractivity contribution in [2.75, 3.05) is 25.9 Å². The Balaban J connectivity index is 2.20. The van der Waals surface area contributed by atoms with Gasteiger partial charge in [-0.2, -0.15) is 11.8 Å². The maximum atomic E-state index is 2.69. The van der Waals surface area contributed by atoms with Crippen LogP contribution >= 0.6 is 11.8 Å². The molecule has 0 N–H and O–H groups in total. The number of piperidine rings is 1. The predicted octanol–water partition coefficient (Wildman–Crippen LogP) is 5.06. The molecular formula is C17H35NS. The Morgan fingerprint density at radius 2 is 1.74 bits per heavy atom. The molecule has 0 radical (unpaired) electrons. The average Bonchev–Trinajstić information content (AvgIpc) is 2.35. The normalized spacial score (nSPS) is 22.4. The van der Waals surface area contributed by atoms with Crippen molar-refractivity contribution in [2.24, 2.45) is 10.8 Å². The van der Waals surface area contributed by atoms with E-state index in [9.17, 15) is 0 Å². The molecule has 0 spiro atoms. The van der Waals surface area contributed by atoms with Gasteiger partial charge < -0.3 is 4.90 Å². The van der Waals surface area contributed by atoms with Gasteiger partial charge in [0.15, 0.2) is 0 Å². The van der Waals surface area contributed by atoms with Crippen molar-refractivity contribution in [3.8, 4) is 0 Å². The molecule has 0 aromatic heterocycles. The zero-order valence-electron chi connectivity index (χ0n) is 14.1. The third-order valence-electron chi connectivity index (χ3n) is 5.51. The van der Waals surface area contributed by atoms with E-state index in [1.165, 1.54) is 51.7 Å². The van der Waals surface area contributed by atoms with Crippen molar-refractivity contribution in [1.82, 2.24) is 4.90 Å². The van der Waals surface area contributed by atoms with Crippen LogP contribution in [0.25, 0.3) is 0 Å². The summed E-state index contributed by atoms with van der Waals surface area (Å²) in [6, 6.07) is 0. The highest BCUT2D eigenvalue weighted by Gasteiger charge is 2.39. The van der Waals surface area contributed by atoms with Crippen LogP contribution in [0.2, 0.25) is 0 Å². The van der Waals surface area contributed by atoms with Crippen LogP contribution in [-0.4, -0.2) is 36.0 Å². The van der Waals surface area contributed by atoms with Gasteiger partial charge >= 0.3 is 0 Å². The van der Waals surface area contributed by atoms with Crippen LogP contribution in [0.5, 0.6) is 0 Å². The molecule has 19 heavy (non-hydrogen) atoms. The number of nitrogens with zero attached hydrogens (tertiary/aromatic N) is 1. The molecule has 0 amide bonds. The second kappa shape index (κ2) is 7.36. The molecule has 1 atom stereocenters. The lowest BCUT2D eigenvalue weighted by Crippen LogP contribution is -2.45. The first-order valence-electron chi connectivity index (χ1n) is 8.04. The van der Waals surface area contributed by atoms with Gasteiger partial charge in [0.1, 0.15) is 0 Å². The molecule has 0 aromatic carbocycles. The number of likely N-dealkylation sites (tertiary alicyclic amines) is 1. The molecule has 1 rings (SSSR count). The van der Waals surface area contributed by atoms with Gasteiger partial charge in [0.05, 0.1) is 0 Å². The van der Waals surface area contributed by atoms with Crippen molar-refractivity contribution in [2.45, 2.75) is 72.0 Å². The van der Waals surface area contributed by atoms with Crippen LogP contribution < -0.4 is 0 Å². The minimum absolute atomic E-state index is 0.451. The molecule has 1 unspecified atom stereocenters. The van der Waals surface area contributed by atoms with Crippen LogP contribution in [0.1, 0.15) is 66.7 Å². The second-order valence-electron chi connectivity index (χ2n) is 7.69. The Labute approximate surface area is 125 Å². The molecule has 1 nitrogen and oxygen atoms in total. The van der Waals surface area contributed by atoms with E-state index < -0.39 is 0 Å². The fourth-order valence-electron chi connectivity index (χ4n) is 2.91. The lowest BCUT2D eigenvalue weighted by atomic mass is 9.63. The minimum Gasteiger partial charge on any atom is -0.303 e. The van der Waals surface area contributed by atoms with E-state index in [4.69, 9.17) is 0 Å². The first-order valence-corrected chi connectivity index (χ1v) is 9.32. The Morgan fingerprint density at radius 1 is 1.16 bits per heavy atom. The van der Waals surface area contributed by atoms with Crippen LogP contribution in [-0.2, 0) is 0 Å². The molecule has 114 valence electrons. The van der Waals surface area contributed by atoms with Gasteiger partial charge in [0.25, 0.3) is 0 Å². The summed E-state index contributed by atoms with van der Waals surface area (Å²) in [5, 5.41) is 0.838. The number of unbranched alkanes of at least 4 members (excludes halogenated alkanes) is 1. The lowest BCUT2D eigenvalue weighted by molar-refractivity contribution is 0.0220. The van der Waals surface area contributed by atoms with E-state index in [2.05, 4.69) is 45.8 Å². The fourth-order valence-corrected chi connectivity index (χ4v) is 3.31. The number of thioether (sulfide) groups is 1. The third-order valence-corrected chi connectivity index (χ3v) is 6.55. The van der Waals surface area contributed by atoms with E-state index in [1.807, 2.05) is 11.8 Å². The lowest BCUT2D eigenvalue weighted by Gasteiger charge is -2.48. The van der Waals surface area contributed by atoms with Gasteiger partial charge in [-0.05, 0) is 62.4 Å². The topological polar surface area (TPSA) is 3.24 Å². The molecule has 1 heterocycles. The van der Waals surface area contributed by atoms with Gasteiger partial charge in [0, 0.05) is 5.25 Å². The summed E-state index contributed by atoms with van der Waals surface area (Å²) in [4.78, 5) is 2.69. The Hall–Kier alpha value is 0.310. The molecule has 1 saturated heterocycles. The van der Waals surface area contributed by atoms with Crippen LogP contribution in [0.15, 0.2) is 0 Å². The summed E-state index contributed by atoms with van der Waals surface area (Å²) in [6.45, 7) is 16.0. The van der Waals surface area contributed by atoms with Gasteiger partial charge in [-0.3, -0.25) is 0 Å². The summed E-state index contributed by atoms with van der Waals surface area (Å²) < 4.78 is 0. The molecular weight excluding hydrogens is 250 g/mol. The smallest absolute Gasteiger partial charge is 0.00159 e. The fraction of sp³-hybridized carbons (Fsp3) is 1.00. The molecule has 2 heteroatoms. The summed E-state index contributed by atoms with van der Waals surface area (Å²) in [7, 11) is 0. The first-order chi connectivity index (χ1) is 8.78. The van der Waals surface area contributed by atoms with E-state index in [0.29, 0.717) is 10.8 Å². The highest BCUT2D eigenvalue weighted by molar-refractivity contribution is 7.99. The maximum Gasteiger partial charge on any atom is 0.00159 e. The van der Waals surface area contributed by atoms with Gasteiger partial charge in [-0.25, -0.2) is 0 Å². The number of hydrogen-bond donors (Lipinski definition) is 0. The standard InChI is InChI=1S/C17H35NS/c1-15(19-6)9-7-8-12-18-13-10-17(5,11-14-18)16(2,3)4/h15H,7-14H2,1-6H3. The minimum atomic E-state index is 0.451. The van der Waals surface area contributed by atoms with Crippen LogP contribution in [0.3, 0.4) is 0 Å². The van der Waals surface area contributed by atoms with Crippen molar-refractivity contribution < 1.29 is 0 Å². The molecule has 1 aliphatic rings. The van der Waals surface area contributed by atoms with E-state index in [-0.39, 0.29) is 0 Å². The van der Waals surface area contributed by atoms with Crippen molar-refractivity contribution in [3.05, 3.63) is 0 Å². The zero-order chi connectivity index (χ0) is 14.5. The summed E-state index contributed by atoms with van der Waals surface area (Å²) >= 11 is 2.00. The van der Waals surface area contributed by atoms with Gasteiger partial charge in [-0.1, -0.05) is 41.0 Å². The largest absolute Gasteiger partial charge is 0.303 e. The number of rotatable bonds is 6. The molecule has 0 aromatic rings. The predicted molar refractivity (Wildman–Crippen MR) is 90.1 cm³/mol. The molecule has 1 fully saturated rings. The molecule has 0 aliphatic carbocycles. The van der Waals surface area contributed by atoms with Crippen LogP contribution in [0.4, 0.5) is 0 Å². The summed E-state index contributed by atoms with van der Waals surface area (Å²) in [5.74, 6) is 0. The first kappa shape index (κ1) is 17.4. The second-order valence-corrected chi connectivity index (χ2v) is 8.97. The van der Waals surface area contributed by atoms with Crippen molar-refractivity contribution in [1.29, 1.82) is 0 Å². The summed E-state index contributed by atoms with van der Waals surface area (Å²) in [5.41, 5.74) is 0.990. The Bertz CT molecular complexity index is 248. The zero-order valence-corrected chi connectivity index (χ0v) is 14.9. The quantitative estimate of drug-likeness (QED) is 0.628. The molecule has 1 aliphatic heterocycles. The van der Waals surface area contributed by atoms with Crippen molar-refractivity contribution in [3.63, 3.8) is 0 Å². The highest BCUT2D eigenvalue weighted by Crippen LogP contribution is 2.46. The molecule has 0 bridgehead atoms. The van der Waals surface area contributed by atoms with E-state index >= 15 is 0 Å². The Kier molecular flexibility index (Phi) is 6.72. The average molecular weight is 286 g/mol. The van der Waals surface area contributed by atoms with E-state index in [0.717, 1.165) is 5.25 Å². The van der Waals surface area contributed by atoms with E-state index in [1.54, 1.807) is 0 Å². The van der Waals surface area contributed by atoms with Crippen LogP contribution in [0, 0.1) is 10.8 Å². The Morgan fingerprint density at radius 3 is 2.21 bits per heavy atom. The molecule has 0 saturated carbocycles.